The molecule has 6 nitrogen and oxygen atoms in total. The monoisotopic (exact) mass is 451 g/mol. The maximum Gasteiger partial charge on any atom is 0.226 e. The summed E-state index contributed by atoms with van der Waals surface area (Å²) in [6, 6.07) is 18.3. The molecular weight excluding hydrogens is 430 g/mol. The lowest BCUT2D eigenvalue weighted by molar-refractivity contribution is 0.471. The van der Waals surface area contributed by atoms with Gasteiger partial charge < -0.3 is 4.42 Å². The van der Waals surface area contributed by atoms with E-state index >= 15 is 0 Å². The third kappa shape index (κ3) is 4.52. The van der Waals surface area contributed by atoms with Crippen molar-refractivity contribution in [1.29, 1.82) is 0 Å². The summed E-state index contributed by atoms with van der Waals surface area (Å²) in [5.74, 6) is 2.59. The highest BCUT2D eigenvalue weighted by molar-refractivity contribution is 7.98. The van der Waals surface area contributed by atoms with Gasteiger partial charge in [-0.1, -0.05) is 78.7 Å². The predicted molar refractivity (Wildman–Crippen MR) is 121 cm³/mol. The molecule has 2 aromatic carbocycles. The van der Waals surface area contributed by atoms with E-state index in [2.05, 4.69) is 37.1 Å². The second kappa shape index (κ2) is 9.24. The molecule has 0 unspecified atom stereocenters. The molecule has 8 heteroatoms. The van der Waals surface area contributed by atoms with Gasteiger partial charge in [0.05, 0.1) is 17.2 Å². The van der Waals surface area contributed by atoms with Crippen LogP contribution in [0.1, 0.15) is 49.1 Å². The highest BCUT2D eigenvalue weighted by Gasteiger charge is 2.26. The van der Waals surface area contributed by atoms with E-state index in [-0.39, 0.29) is 0 Å². The van der Waals surface area contributed by atoms with Crippen molar-refractivity contribution in [3.05, 3.63) is 77.0 Å². The lowest BCUT2D eigenvalue weighted by atomic mass is 10.2. The Morgan fingerprint density at radius 2 is 1.65 bits per heavy atom. The first-order valence-corrected chi connectivity index (χ1v) is 11.8. The Labute approximate surface area is 190 Å². The Hall–Kier alpha value is -2.64. The smallest absolute Gasteiger partial charge is 0.226 e. The first kappa shape index (κ1) is 20.3. The minimum absolute atomic E-state index is 0.389. The van der Waals surface area contributed by atoms with Gasteiger partial charge in [0.2, 0.25) is 11.8 Å². The SMILES string of the molecule is Clc1ccccc1-c1nnc(SCc2nnc(Cc3ccccc3)o2)n1C1CCCC1. The summed E-state index contributed by atoms with van der Waals surface area (Å²) in [6.07, 6.45) is 5.34. The molecule has 0 radical (unpaired) electrons. The quantitative estimate of drug-likeness (QED) is 0.322. The fraction of sp³-hybridized carbons (Fsp3) is 0.304. The lowest BCUT2D eigenvalue weighted by Gasteiger charge is -2.17. The molecule has 2 aromatic heterocycles. The number of thioether (sulfide) groups is 1. The van der Waals surface area contributed by atoms with Crippen LogP contribution in [-0.2, 0) is 12.2 Å². The number of halogens is 1. The number of hydrogen-bond acceptors (Lipinski definition) is 6. The molecule has 0 bridgehead atoms. The number of rotatable bonds is 7. The average Bonchev–Trinajstić information content (AvgIpc) is 3.54. The minimum atomic E-state index is 0.389. The van der Waals surface area contributed by atoms with Gasteiger partial charge in [0.15, 0.2) is 11.0 Å². The second-order valence-corrected chi connectivity index (χ2v) is 8.98. The van der Waals surface area contributed by atoms with Crippen molar-refractivity contribution in [3.63, 3.8) is 0 Å². The third-order valence-electron chi connectivity index (χ3n) is 5.50. The molecule has 0 saturated heterocycles. The molecular formula is C23H22ClN5OS. The summed E-state index contributed by atoms with van der Waals surface area (Å²) >= 11 is 8.05. The van der Waals surface area contributed by atoms with Crippen molar-refractivity contribution in [2.45, 2.75) is 49.1 Å². The molecule has 1 aliphatic carbocycles. The van der Waals surface area contributed by atoms with Crippen LogP contribution in [0.3, 0.4) is 0 Å². The van der Waals surface area contributed by atoms with E-state index in [1.165, 1.54) is 12.8 Å². The van der Waals surface area contributed by atoms with Crippen LogP contribution in [0.2, 0.25) is 5.02 Å². The van der Waals surface area contributed by atoms with Gasteiger partial charge in [-0.15, -0.1) is 20.4 Å². The van der Waals surface area contributed by atoms with Gasteiger partial charge in [0.1, 0.15) is 0 Å². The van der Waals surface area contributed by atoms with E-state index in [0.29, 0.717) is 35.0 Å². The van der Waals surface area contributed by atoms with Crippen molar-refractivity contribution in [1.82, 2.24) is 25.0 Å². The van der Waals surface area contributed by atoms with Crippen molar-refractivity contribution >= 4 is 23.4 Å². The number of hydrogen-bond donors (Lipinski definition) is 0. The molecule has 4 aromatic rings. The first-order chi connectivity index (χ1) is 15.3. The molecule has 0 spiro atoms. The number of benzene rings is 2. The van der Waals surface area contributed by atoms with E-state index < -0.39 is 0 Å². The van der Waals surface area contributed by atoms with Gasteiger partial charge in [-0.2, -0.15) is 0 Å². The minimum Gasteiger partial charge on any atom is -0.424 e. The Kier molecular flexibility index (Phi) is 6.04. The third-order valence-corrected chi connectivity index (χ3v) is 6.76. The molecule has 0 aliphatic heterocycles. The van der Waals surface area contributed by atoms with Crippen molar-refractivity contribution < 1.29 is 4.42 Å². The van der Waals surface area contributed by atoms with Crippen LogP contribution >= 0.6 is 23.4 Å². The number of aromatic nitrogens is 5. The van der Waals surface area contributed by atoms with Crippen LogP contribution < -0.4 is 0 Å². The predicted octanol–water partition coefficient (Wildman–Crippen LogP) is 5.98. The molecule has 158 valence electrons. The van der Waals surface area contributed by atoms with Crippen molar-refractivity contribution in [3.8, 4) is 11.4 Å². The standard InChI is InChI=1S/C23H22ClN5OS/c24-19-13-7-6-12-18(19)22-27-28-23(29(22)17-10-4-5-11-17)31-15-21-26-25-20(30-21)14-16-8-2-1-3-9-16/h1-3,6-9,12-13,17H,4-5,10-11,14-15H2. The Morgan fingerprint density at radius 3 is 2.45 bits per heavy atom. The summed E-state index contributed by atoms with van der Waals surface area (Å²) < 4.78 is 8.11. The van der Waals surface area contributed by atoms with E-state index in [0.717, 1.165) is 34.9 Å². The molecule has 0 N–H and O–H groups in total. The topological polar surface area (TPSA) is 69.6 Å². The van der Waals surface area contributed by atoms with Gasteiger partial charge in [-0.3, -0.25) is 4.57 Å². The van der Waals surface area contributed by atoms with Gasteiger partial charge in [-0.05, 0) is 30.5 Å². The summed E-state index contributed by atoms with van der Waals surface area (Å²) in [7, 11) is 0. The van der Waals surface area contributed by atoms with E-state index in [1.54, 1.807) is 11.8 Å². The summed E-state index contributed by atoms with van der Waals surface area (Å²) in [4.78, 5) is 0. The maximum atomic E-state index is 6.47. The van der Waals surface area contributed by atoms with Crippen LogP contribution in [0.4, 0.5) is 0 Å². The molecule has 1 fully saturated rings. The average molecular weight is 452 g/mol. The number of nitrogens with zero attached hydrogens (tertiary/aromatic N) is 5. The van der Waals surface area contributed by atoms with Crippen molar-refractivity contribution in [2.75, 3.05) is 0 Å². The zero-order valence-corrected chi connectivity index (χ0v) is 18.5. The Bertz CT molecular complexity index is 1150. The highest BCUT2D eigenvalue weighted by Crippen LogP contribution is 2.38. The molecule has 2 heterocycles. The van der Waals surface area contributed by atoms with Gasteiger partial charge in [-0.25, -0.2) is 0 Å². The fourth-order valence-corrected chi connectivity index (χ4v) is 5.07. The largest absolute Gasteiger partial charge is 0.424 e. The van der Waals surface area contributed by atoms with E-state index in [1.807, 2.05) is 42.5 Å². The van der Waals surface area contributed by atoms with E-state index in [9.17, 15) is 0 Å². The van der Waals surface area contributed by atoms with Crippen LogP contribution in [0.15, 0.2) is 64.2 Å². The molecule has 1 aliphatic rings. The van der Waals surface area contributed by atoms with Crippen LogP contribution in [0.5, 0.6) is 0 Å². The van der Waals surface area contributed by atoms with Crippen LogP contribution in [0.25, 0.3) is 11.4 Å². The Morgan fingerprint density at radius 1 is 0.903 bits per heavy atom. The normalized spacial score (nSPS) is 14.4. The molecule has 0 amide bonds. The summed E-state index contributed by atoms with van der Waals surface area (Å²) in [5, 5.41) is 19.0. The highest BCUT2D eigenvalue weighted by atomic mass is 35.5. The summed E-state index contributed by atoms with van der Waals surface area (Å²) in [5.41, 5.74) is 2.06. The zero-order valence-electron chi connectivity index (χ0n) is 16.9. The van der Waals surface area contributed by atoms with Crippen LogP contribution in [0, 0.1) is 0 Å². The zero-order chi connectivity index (χ0) is 21.0. The summed E-state index contributed by atoms with van der Waals surface area (Å²) in [6.45, 7) is 0. The lowest BCUT2D eigenvalue weighted by Crippen LogP contribution is -2.08. The van der Waals surface area contributed by atoms with Crippen molar-refractivity contribution in [2.24, 2.45) is 0 Å². The maximum absolute atomic E-state index is 6.47. The fourth-order valence-electron chi connectivity index (χ4n) is 4.01. The van der Waals surface area contributed by atoms with Gasteiger partial charge >= 0.3 is 0 Å². The molecule has 31 heavy (non-hydrogen) atoms. The molecule has 5 rings (SSSR count). The van der Waals surface area contributed by atoms with Crippen LogP contribution in [-0.4, -0.2) is 25.0 Å². The Balaban J connectivity index is 1.35. The second-order valence-electron chi connectivity index (χ2n) is 7.63. The van der Waals surface area contributed by atoms with Gasteiger partial charge in [0.25, 0.3) is 0 Å². The van der Waals surface area contributed by atoms with Gasteiger partial charge in [0, 0.05) is 11.6 Å². The first-order valence-electron chi connectivity index (χ1n) is 10.5. The molecule has 0 atom stereocenters. The molecule has 1 saturated carbocycles. The van der Waals surface area contributed by atoms with E-state index in [4.69, 9.17) is 16.0 Å².